The number of amides is 1. The maximum atomic E-state index is 13.1. The van der Waals surface area contributed by atoms with Crippen molar-refractivity contribution < 1.29 is 14.6 Å². The quantitative estimate of drug-likeness (QED) is 0.161. The van der Waals surface area contributed by atoms with Crippen molar-refractivity contribution in [2.45, 2.75) is 33.1 Å². The Morgan fingerprint density at radius 3 is 2.56 bits per heavy atom. The zero-order valence-electron chi connectivity index (χ0n) is 24.2. The lowest BCUT2D eigenvalue weighted by Gasteiger charge is -2.27. The van der Waals surface area contributed by atoms with Crippen molar-refractivity contribution in [2.24, 2.45) is 0 Å². The van der Waals surface area contributed by atoms with Crippen LogP contribution < -0.4 is 10.2 Å². The van der Waals surface area contributed by atoms with Crippen LogP contribution in [0.15, 0.2) is 59.4 Å². The summed E-state index contributed by atoms with van der Waals surface area (Å²) in [7, 11) is 0. The number of phenols is 1. The molecule has 0 aliphatic carbocycles. The summed E-state index contributed by atoms with van der Waals surface area (Å²) in [6.07, 6.45) is 1.92. The molecule has 9 heteroatoms. The van der Waals surface area contributed by atoms with Gasteiger partial charge in [-0.05, 0) is 60.4 Å². The fourth-order valence-corrected chi connectivity index (χ4v) is 5.90. The second-order valence-electron chi connectivity index (χ2n) is 10.2. The minimum Gasteiger partial charge on any atom is -0.506 e. The molecule has 1 heterocycles. The Balaban J connectivity index is 1.21. The molecule has 1 amide bonds. The van der Waals surface area contributed by atoms with Gasteiger partial charge >= 0.3 is 4.87 Å². The van der Waals surface area contributed by atoms with Gasteiger partial charge in [0.1, 0.15) is 11.3 Å². The van der Waals surface area contributed by atoms with Crippen LogP contribution in [0.2, 0.25) is 0 Å². The van der Waals surface area contributed by atoms with E-state index in [9.17, 15) is 14.7 Å². The number of thiazole rings is 1. The number of carbonyl (C=O) groups is 1. The van der Waals surface area contributed by atoms with Crippen LogP contribution in [0.3, 0.4) is 0 Å². The number of nitrogens with zero attached hydrogens (tertiary/aromatic N) is 2. The molecule has 4 aromatic rings. The first-order valence-corrected chi connectivity index (χ1v) is 15.4. The normalized spacial score (nSPS) is 11.6. The van der Waals surface area contributed by atoms with Crippen molar-refractivity contribution in [3.8, 4) is 5.75 Å². The van der Waals surface area contributed by atoms with Crippen LogP contribution in [-0.2, 0) is 22.4 Å². The second-order valence-corrected chi connectivity index (χ2v) is 11.1. The van der Waals surface area contributed by atoms with E-state index < -0.39 is 0 Å². The molecule has 41 heavy (non-hydrogen) atoms. The highest BCUT2D eigenvalue weighted by Gasteiger charge is 2.15. The Labute approximate surface area is 245 Å². The van der Waals surface area contributed by atoms with Gasteiger partial charge in [-0.3, -0.25) is 9.59 Å². The predicted molar refractivity (Wildman–Crippen MR) is 168 cm³/mol. The fraction of sp³-hybridized carbons (Fsp3) is 0.438. The van der Waals surface area contributed by atoms with Gasteiger partial charge in [0, 0.05) is 26.2 Å². The van der Waals surface area contributed by atoms with Crippen molar-refractivity contribution in [3.05, 3.63) is 75.4 Å². The number of carbonyl (C=O) groups excluding carboxylic acids is 1. The van der Waals surface area contributed by atoms with Gasteiger partial charge in [0.15, 0.2) is 0 Å². The van der Waals surface area contributed by atoms with E-state index in [-0.39, 0.29) is 16.5 Å². The number of aromatic amines is 1. The molecular formula is C32H42N4O4S. The van der Waals surface area contributed by atoms with Gasteiger partial charge in [-0.25, -0.2) is 0 Å². The number of H-pyrrole nitrogens is 1. The van der Waals surface area contributed by atoms with Crippen LogP contribution in [0.5, 0.6) is 5.75 Å². The number of likely N-dealkylation sites (N-methyl/N-ethyl adjacent to an activating group) is 1. The molecule has 0 saturated heterocycles. The molecule has 0 fully saturated rings. The molecule has 0 aliphatic rings. The monoisotopic (exact) mass is 578 g/mol. The van der Waals surface area contributed by atoms with Crippen molar-refractivity contribution in [1.29, 1.82) is 0 Å². The first-order chi connectivity index (χ1) is 20.0. The van der Waals surface area contributed by atoms with Crippen LogP contribution >= 0.6 is 11.3 Å². The number of ether oxygens (including phenoxy) is 1. The minimum atomic E-state index is -0.171. The third kappa shape index (κ3) is 8.87. The molecule has 3 N–H and O–H groups in total. The van der Waals surface area contributed by atoms with E-state index in [0.29, 0.717) is 51.3 Å². The van der Waals surface area contributed by atoms with Crippen LogP contribution in [0.1, 0.15) is 31.4 Å². The lowest BCUT2D eigenvalue weighted by molar-refractivity contribution is -0.132. The average Bonchev–Trinajstić information content (AvgIpc) is 3.39. The summed E-state index contributed by atoms with van der Waals surface area (Å²) in [4.78, 5) is 31.7. The summed E-state index contributed by atoms with van der Waals surface area (Å²) < 4.78 is 6.66. The van der Waals surface area contributed by atoms with Crippen molar-refractivity contribution in [1.82, 2.24) is 20.1 Å². The van der Waals surface area contributed by atoms with Crippen molar-refractivity contribution >= 4 is 38.2 Å². The number of aromatic nitrogens is 1. The van der Waals surface area contributed by atoms with E-state index in [1.807, 2.05) is 17.0 Å². The molecule has 0 bridgehead atoms. The Bertz CT molecular complexity index is 1460. The largest absolute Gasteiger partial charge is 0.506 e. The second kappa shape index (κ2) is 15.7. The molecule has 3 aromatic carbocycles. The topological polar surface area (TPSA) is 97.9 Å². The lowest BCUT2D eigenvalue weighted by atomic mass is 10.1. The molecule has 4 rings (SSSR count). The van der Waals surface area contributed by atoms with Gasteiger partial charge in [0.05, 0.1) is 24.3 Å². The van der Waals surface area contributed by atoms with Gasteiger partial charge in [-0.2, -0.15) is 0 Å². The molecule has 0 aliphatic heterocycles. The smallest absolute Gasteiger partial charge is 0.305 e. The Morgan fingerprint density at radius 2 is 1.76 bits per heavy atom. The highest BCUT2D eigenvalue weighted by atomic mass is 32.1. The molecule has 1 aromatic heterocycles. The average molecular weight is 579 g/mol. The predicted octanol–water partition coefficient (Wildman–Crippen LogP) is 4.40. The zero-order chi connectivity index (χ0) is 29.0. The SMILES string of the molecule is CCN(CC)CCN(CCNCCc1ccc(O)c2[nH]c(=O)sc12)C(=O)CCOCCc1ccc2ccccc2c1. The van der Waals surface area contributed by atoms with Gasteiger partial charge in [-0.15, -0.1) is 0 Å². The summed E-state index contributed by atoms with van der Waals surface area (Å²) in [6, 6.07) is 18.3. The highest BCUT2D eigenvalue weighted by molar-refractivity contribution is 7.16. The number of nitrogens with one attached hydrogen (secondary N) is 2. The molecule has 0 radical (unpaired) electrons. The van der Waals surface area contributed by atoms with E-state index in [4.69, 9.17) is 4.74 Å². The number of phenolic OH excluding ortho intramolecular Hbond substituents is 1. The maximum absolute atomic E-state index is 13.1. The standard InChI is InChI=1S/C32H42N4O4S/c1-3-35(4-2)19-20-36(18-17-33-16-13-26-11-12-28(37)30-31(26)41-32(39)34-30)29(38)15-22-40-21-14-24-9-10-25-7-5-6-8-27(25)23-24/h5-12,23,33,37H,3-4,13-22H2,1-2H3,(H,34,39). The molecule has 0 atom stereocenters. The van der Waals surface area contributed by atoms with Crippen LogP contribution in [0.4, 0.5) is 0 Å². The van der Waals surface area contributed by atoms with Crippen LogP contribution in [0, 0.1) is 0 Å². The number of fused-ring (bicyclic) bond motifs is 2. The Morgan fingerprint density at radius 1 is 0.951 bits per heavy atom. The summed E-state index contributed by atoms with van der Waals surface area (Å²) in [5.74, 6) is 0.206. The third-order valence-electron chi connectivity index (χ3n) is 7.51. The molecular weight excluding hydrogens is 536 g/mol. The molecule has 0 unspecified atom stereocenters. The van der Waals surface area contributed by atoms with Gasteiger partial charge in [-0.1, -0.05) is 73.7 Å². The highest BCUT2D eigenvalue weighted by Crippen LogP contribution is 2.27. The number of hydrogen-bond donors (Lipinski definition) is 3. The third-order valence-corrected chi connectivity index (χ3v) is 8.47. The van der Waals surface area contributed by atoms with E-state index in [2.05, 4.69) is 65.4 Å². The summed E-state index contributed by atoms with van der Waals surface area (Å²) in [6.45, 7) is 10.8. The molecule has 0 saturated carbocycles. The maximum Gasteiger partial charge on any atom is 0.305 e. The van der Waals surface area contributed by atoms with Crippen LogP contribution in [0.25, 0.3) is 21.0 Å². The number of rotatable bonds is 17. The number of hydrogen-bond acceptors (Lipinski definition) is 7. The van der Waals surface area contributed by atoms with Crippen LogP contribution in [-0.4, -0.2) is 84.8 Å². The van der Waals surface area contributed by atoms with E-state index >= 15 is 0 Å². The van der Waals surface area contributed by atoms with E-state index in [1.54, 1.807) is 6.07 Å². The molecule has 220 valence electrons. The first-order valence-electron chi connectivity index (χ1n) is 14.6. The summed E-state index contributed by atoms with van der Waals surface area (Å²) >= 11 is 1.12. The summed E-state index contributed by atoms with van der Waals surface area (Å²) in [5.41, 5.74) is 2.76. The fourth-order valence-electron chi connectivity index (χ4n) is 5.00. The van der Waals surface area contributed by atoms with E-state index in [1.165, 1.54) is 16.3 Å². The van der Waals surface area contributed by atoms with Gasteiger partial charge < -0.3 is 29.9 Å². The molecule has 8 nitrogen and oxygen atoms in total. The van der Waals surface area contributed by atoms with Crippen molar-refractivity contribution in [2.75, 3.05) is 59.0 Å². The number of benzene rings is 3. The summed E-state index contributed by atoms with van der Waals surface area (Å²) in [5, 5.41) is 15.9. The van der Waals surface area contributed by atoms with Gasteiger partial charge in [0.25, 0.3) is 0 Å². The zero-order valence-corrected chi connectivity index (χ0v) is 25.0. The van der Waals surface area contributed by atoms with Gasteiger partial charge in [0.2, 0.25) is 5.91 Å². The minimum absolute atomic E-state index is 0.0927. The first kappa shape index (κ1) is 30.7. The number of aromatic hydroxyl groups is 1. The molecule has 0 spiro atoms. The van der Waals surface area contributed by atoms with E-state index in [0.717, 1.165) is 54.1 Å². The Kier molecular flexibility index (Phi) is 11.7. The Hall–Kier alpha value is -3.24. The lowest BCUT2D eigenvalue weighted by Crippen LogP contribution is -2.42. The van der Waals surface area contributed by atoms with Crippen molar-refractivity contribution in [3.63, 3.8) is 0 Å².